The van der Waals surface area contributed by atoms with Gasteiger partial charge in [0.15, 0.2) is 0 Å². The summed E-state index contributed by atoms with van der Waals surface area (Å²) in [6, 6.07) is 7.73. The second-order valence-electron chi connectivity index (χ2n) is 4.57. The molecule has 1 heterocycles. The first-order valence-corrected chi connectivity index (χ1v) is 6.54. The number of anilines is 1. The van der Waals surface area contributed by atoms with Crippen molar-refractivity contribution in [3.63, 3.8) is 0 Å². The van der Waals surface area contributed by atoms with Crippen molar-refractivity contribution >= 4 is 28.6 Å². The number of benzene rings is 1. The Hall–Kier alpha value is -2.30. The maximum Gasteiger partial charge on any atom is 0.310 e. The quantitative estimate of drug-likeness (QED) is 0.870. The van der Waals surface area contributed by atoms with Gasteiger partial charge in [0.2, 0.25) is 5.91 Å². The average Bonchev–Trinajstić information content (AvgIpc) is 2.65. The molecule has 0 atom stereocenters. The number of nitrogens with one attached hydrogen (secondary N) is 1. The zero-order valence-electron chi connectivity index (χ0n) is 11.9. The number of esters is 1. The number of para-hydroxylation sites is 1. The maximum atomic E-state index is 11.8. The van der Waals surface area contributed by atoms with Gasteiger partial charge in [0.1, 0.15) is 5.82 Å². The Bertz CT molecular complexity index is 658. The lowest BCUT2D eigenvalue weighted by molar-refractivity contribution is -0.142. The minimum atomic E-state index is -0.296. The second-order valence-corrected chi connectivity index (χ2v) is 4.57. The number of aryl methyl sites for hydroxylation is 1. The highest BCUT2D eigenvalue weighted by molar-refractivity contribution is 5.98. The van der Waals surface area contributed by atoms with Crippen LogP contribution in [0.3, 0.4) is 0 Å². The fraction of sp³-hybridized carbons (Fsp3) is 0.333. The highest BCUT2D eigenvalue weighted by atomic mass is 16.5. The third-order valence-electron chi connectivity index (χ3n) is 3.13. The van der Waals surface area contributed by atoms with Gasteiger partial charge in [-0.15, -0.1) is 0 Å². The predicted octanol–water partition coefficient (Wildman–Crippen LogP) is 2.24. The average molecular weight is 274 g/mol. The Balaban J connectivity index is 2.53. The van der Waals surface area contributed by atoms with Gasteiger partial charge >= 0.3 is 5.97 Å². The van der Waals surface area contributed by atoms with E-state index in [0.29, 0.717) is 12.4 Å². The van der Waals surface area contributed by atoms with E-state index in [2.05, 4.69) is 5.32 Å². The number of aromatic nitrogens is 1. The SMILES string of the molecule is CCOC(=O)Cc1c(NC(C)=O)n(C)c2ccccc12. The molecule has 0 radical (unpaired) electrons. The highest BCUT2D eigenvalue weighted by Crippen LogP contribution is 2.30. The van der Waals surface area contributed by atoms with Crippen LogP contribution in [-0.2, 0) is 27.8 Å². The van der Waals surface area contributed by atoms with Crippen LogP contribution < -0.4 is 5.32 Å². The fourth-order valence-electron chi connectivity index (χ4n) is 2.33. The van der Waals surface area contributed by atoms with Gasteiger partial charge in [-0.2, -0.15) is 0 Å². The molecule has 0 aliphatic carbocycles. The number of hydrogen-bond acceptors (Lipinski definition) is 3. The lowest BCUT2D eigenvalue weighted by atomic mass is 10.1. The Morgan fingerprint density at radius 1 is 1.30 bits per heavy atom. The number of fused-ring (bicyclic) bond motifs is 1. The molecule has 0 unspecified atom stereocenters. The summed E-state index contributed by atoms with van der Waals surface area (Å²) < 4.78 is 6.88. The molecule has 106 valence electrons. The number of rotatable bonds is 4. The number of carbonyl (C=O) groups excluding carboxylic acids is 2. The van der Waals surface area contributed by atoms with Crippen molar-refractivity contribution in [2.75, 3.05) is 11.9 Å². The molecule has 20 heavy (non-hydrogen) atoms. The first kappa shape index (κ1) is 14.1. The number of hydrogen-bond donors (Lipinski definition) is 1. The van der Waals surface area contributed by atoms with Crippen LogP contribution in [0.1, 0.15) is 19.4 Å². The Kier molecular flexibility index (Phi) is 4.08. The number of ether oxygens (including phenoxy) is 1. The van der Waals surface area contributed by atoms with Gasteiger partial charge in [-0.25, -0.2) is 0 Å². The van der Waals surface area contributed by atoms with Crippen molar-refractivity contribution in [1.82, 2.24) is 4.57 Å². The van der Waals surface area contributed by atoms with Gasteiger partial charge < -0.3 is 14.6 Å². The van der Waals surface area contributed by atoms with Crippen LogP contribution in [0, 0.1) is 0 Å². The summed E-state index contributed by atoms with van der Waals surface area (Å²) in [5, 5.41) is 3.75. The predicted molar refractivity (Wildman–Crippen MR) is 77.6 cm³/mol. The van der Waals surface area contributed by atoms with Gasteiger partial charge in [-0.05, 0) is 13.0 Å². The molecule has 0 saturated carbocycles. The topological polar surface area (TPSA) is 60.3 Å². The highest BCUT2D eigenvalue weighted by Gasteiger charge is 2.18. The maximum absolute atomic E-state index is 11.8. The van der Waals surface area contributed by atoms with Crippen molar-refractivity contribution in [3.8, 4) is 0 Å². The molecule has 0 aliphatic heterocycles. The van der Waals surface area contributed by atoms with Crippen molar-refractivity contribution in [2.24, 2.45) is 7.05 Å². The van der Waals surface area contributed by atoms with Gasteiger partial charge in [0.25, 0.3) is 0 Å². The van der Waals surface area contributed by atoms with Crippen molar-refractivity contribution < 1.29 is 14.3 Å². The third-order valence-corrected chi connectivity index (χ3v) is 3.13. The molecule has 1 N–H and O–H groups in total. The summed E-state index contributed by atoms with van der Waals surface area (Å²) in [5.41, 5.74) is 1.76. The molecular formula is C15H18N2O3. The van der Waals surface area contributed by atoms with E-state index in [1.165, 1.54) is 6.92 Å². The van der Waals surface area contributed by atoms with Crippen molar-refractivity contribution in [3.05, 3.63) is 29.8 Å². The van der Waals surface area contributed by atoms with E-state index in [4.69, 9.17) is 4.74 Å². The molecule has 0 fully saturated rings. The summed E-state index contributed by atoms with van der Waals surface area (Å²) in [6.07, 6.45) is 0.144. The molecule has 5 heteroatoms. The lowest BCUT2D eigenvalue weighted by Crippen LogP contribution is -2.13. The second kappa shape index (κ2) is 5.77. The van der Waals surface area contributed by atoms with Gasteiger partial charge in [-0.3, -0.25) is 9.59 Å². The summed E-state index contributed by atoms with van der Waals surface area (Å²) in [4.78, 5) is 23.1. The zero-order chi connectivity index (χ0) is 14.7. The Morgan fingerprint density at radius 3 is 2.65 bits per heavy atom. The largest absolute Gasteiger partial charge is 0.466 e. The standard InChI is InChI=1S/C15H18N2O3/c1-4-20-14(19)9-12-11-7-5-6-8-13(11)17(3)15(12)16-10(2)18/h5-8H,4,9H2,1-3H3,(H,16,18). The molecule has 1 aromatic heterocycles. The van der Waals surface area contributed by atoms with E-state index in [1.807, 2.05) is 35.9 Å². The number of amides is 1. The number of carbonyl (C=O) groups is 2. The van der Waals surface area contributed by atoms with E-state index in [1.54, 1.807) is 6.92 Å². The van der Waals surface area contributed by atoms with Crippen molar-refractivity contribution in [2.45, 2.75) is 20.3 Å². The molecule has 0 saturated heterocycles. The molecule has 0 aliphatic rings. The van der Waals surface area contributed by atoms with E-state index >= 15 is 0 Å². The van der Waals surface area contributed by atoms with E-state index in [-0.39, 0.29) is 18.3 Å². The molecule has 2 rings (SSSR count). The molecule has 0 bridgehead atoms. The number of nitrogens with zero attached hydrogens (tertiary/aromatic N) is 1. The summed E-state index contributed by atoms with van der Waals surface area (Å²) in [7, 11) is 1.86. The first-order chi connectivity index (χ1) is 9.54. The summed E-state index contributed by atoms with van der Waals surface area (Å²) in [6.45, 7) is 3.57. The summed E-state index contributed by atoms with van der Waals surface area (Å²) in [5.74, 6) is 0.184. The minimum Gasteiger partial charge on any atom is -0.466 e. The first-order valence-electron chi connectivity index (χ1n) is 6.54. The third kappa shape index (κ3) is 2.66. The summed E-state index contributed by atoms with van der Waals surface area (Å²) >= 11 is 0. The molecule has 1 amide bonds. The normalized spacial score (nSPS) is 10.6. The fourth-order valence-corrected chi connectivity index (χ4v) is 2.33. The zero-order valence-corrected chi connectivity index (χ0v) is 11.9. The molecule has 5 nitrogen and oxygen atoms in total. The van der Waals surface area contributed by atoms with Crippen LogP contribution in [0.25, 0.3) is 10.9 Å². The Labute approximate surface area is 117 Å². The van der Waals surface area contributed by atoms with Gasteiger partial charge in [0.05, 0.1) is 13.0 Å². The van der Waals surface area contributed by atoms with E-state index in [9.17, 15) is 9.59 Å². The van der Waals surface area contributed by atoms with Gasteiger partial charge in [-0.1, -0.05) is 18.2 Å². The Morgan fingerprint density at radius 2 is 2.00 bits per heavy atom. The molecule has 0 spiro atoms. The van der Waals surface area contributed by atoms with Crippen LogP contribution in [0.4, 0.5) is 5.82 Å². The van der Waals surface area contributed by atoms with Crippen LogP contribution >= 0.6 is 0 Å². The minimum absolute atomic E-state index is 0.144. The van der Waals surface area contributed by atoms with Crippen LogP contribution in [0.2, 0.25) is 0 Å². The van der Waals surface area contributed by atoms with Crippen molar-refractivity contribution in [1.29, 1.82) is 0 Å². The van der Waals surface area contributed by atoms with Crippen LogP contribution in [0.15, 0.2) is 24.3 Å². The smallest absolute Gasteiger partial charge is 0.310 e. The van der Waals surface area contributed by atoms with Crippen LogP contribution in [-0.4, -0.2) is 23.1 Å². The monoisotopic (exact) mass is 274 g/mol. The van der Waals surface area contributed by atoms with Gasteiger partial charge in [0, 0.05) is 30.4 Å². The molecular weight excluding hydrogens is 256 g/mol. The van der Waals surface area contributed by atoms with Crippen LogP contribution in [0.5, 0.6) is 0 Å². The van der Waals surface area contributed by atoms with E-state index in [0.717, 1.165) is 16.5 Å². The molecule has 2 aromatic rings. The molecule has 1 aromatic carbocycles. The van der Waals surface area contributed by atoms with E-state index < -0.39 is 0 Å². The lowest BCUT2D eigenvalue weighted by Gasteiger charge is -2.08.